The largest absolute Gasteiger partial charge is 0.494 e. The van der Waals surface area contributed by atoms with Crippen molar-refractivity contribution in [3.8, 4) is 11.5 Å². The molecule has 0 spiro atoms. The van der Waals surface area contributed by atoms with Crippen LogP contribution >= 0.6 is 0 Å². The van der Waals surface area contributed by atoms with Crippen molar-refractivity contribution in [1.82, 2.24) is 0 Å². The molecule has 0 fully saturated rings. The molecule has 174 valence electrons. The maximum atomic E-state index is 13.9. The van der Waals surface area contributed by atoms with Crippen LogP contribution in [0.25, 0.3) is 5.57 Å². The molecular formula is C26H22F2N2O4. The smallest absolute Gasteiger partial charge is 0.282 e. The molecule has 34 heavy (non-hydrogen) atoms. The Morgan fingerprint density at radius 1 is 0.765 bits per heavy atom. The van der Waals surface area contributed by atoms with Gasteiger partial charge in [0, 0.05) is 11.8 Å². The van der Waals surface area contributed by atoms with Crippen molar-refractivity contribution in [1.29, 1.82) is 0 Å². The Morgan fingerprint density at radius 3 is 1.91 bits per heavy atom. The Balaban J connectivity index is 1.75. The number of rotatable bonds is 8. The van der Waals surface area contributed by atoms with Gasteiger partial charge >= 0.3 is 0 Å². The van der Waals surface area contributed by atoms with Gasteiger partial charge in [0.25, 0.3) is 11.8 Å². The third-order valence-electron chi connectivity index (χ3n) is 5.13. The molecule has 0 atom stereocenters. The van der Waals surface area contributed by atoms with Crippen molar-refractivity contribution >= 4 is 28.8 Å². The van der Waals surface area contributed by atoms with Gasteiger partial charge in [-0.15, -0.1) is 0 Å². The van der Waals surface area contributed by atoms with Crippen molar-refractivity contribution in [2.75, 3.05) is 23.4 Å². The van der Waals surface area contributed by atoms with E-state index >= 15 is 0 Å². The monoisotopic (exact) mass is 464 g/mol. The van der Waals surface area contributed by atoms with E-state index in [1.54, 1.807) is 48.5 Å². The minimum absolute atomic E-state index is 0.0167. The highest BCUT2D eigenvalue weighted by atomic mass is 19.2. The number of hydrogen-bond acceptors (Lipinski definition) is 5. The van der Waals surface area contributed by atoms with Crippen molar-refractivity contribution in [3.05, 3.63) is 89.6 Å². The van der Waals surface area contributed by atoms with E-state index in [2.05, 4.69) is 5.32 Å². The molecule has 0 saturated carbocycles. The summed E-state index contributed by atoms with van der Waals surface area (Å²) in [6.45, 7) is 4.72. The van der Waals surface area contributed by atoms with Gasteiger partial charge in [-0.25, -0.2) is 13.7 Å². The third-order valence-corrected chi connectivity index (χ3v) is 5.13. The number of amides is 2. The molecule has 0 aromatic heterocycles. The minimum atomic E-state index is -1.16. The molecule has 8 heteroatoms. The first-order chi connectivity index (χ1) is 16.4. The number of carbonyl (C=O) groups excluding carboxylic acids is 2. The van der Waals surface area contributed by atoms with Gasteiger partial charge in [-0.05, 0) is 67.9 Å². The van der Waals surface area contributed by atoms with Gasteiger partial charge in [0.2, 0.25) is 0 Å². The molecule has 3 aromatic carbocycles. The van der Waals surface area contributed by atoms with E-state index in [4.69, 9.17) is 9.47 Å². The summed E-state index contributed by atoms with van der Waals surface area (Å²) in [5.74, 6) is -2.31. The second-order valence-corrected chi connectivity index (χ2v) is 7.33. The number of ether oxygens (including phenoxy) is 2. The summed E-state index contributed by atoms with van der Waals surface area (Å²) >= 11 is 0. The zero-order chi connectivity index (χ0) is 24.2. The van der Waals surface area contributed by atoms with E-state index in [9.17, 15) is 18.4 Å². The first-order valence-corrected chi connectivity index (χ1v) is 10.7. The number of imide groups is 1. The van der Waals surface area contributed by atoms with Gasteiger partial charge in [-0.2, -0.15) is 0 Å². The van der Waals surface area contributed by atoms with Gasteiger partial charge in [0.05, 0.1) is 24.5 Å². The Kier molecular flexibility index (Phi) is 6.58. The van der Waals surface area contributed by atoms with Crippen LogP contribution in [0.15, 0.2) is 72.4 Å². The third kappa shape index (κ3) is 4.47. The van der Waals surface area contributed by atoms with Gasteiger partial charge in [0.15, 0.2) is 11.6 Å². The van der Waals surface area contributed by atoms with E-state index in [0.717, 1.165) is 17.0 Å². The average Bonchev–Trinajstić information content (AvgIpc) is 3.07. The second-order valence-electron chi connectivity index (χ2n) is 7.33. The minimum Gasteiger partial charge on any atom is -0.494 e. The van der Waals surface area contributed by atoms with Crippen LogP contribution in [0.5, 0.6) is 11.5 Å². The molecule has 0 bridgehead atoms. The van der Waals surface area contributed by atoms with Gasteiger partial charge in [0.1, 0.15) is 17.2 Å². The van der Waals surface area contributed by atoms with Crippen LogP contribution in [0, 0.1) is 11.6 Å². The summed E-state index contributed by atoms with van der Waals surface area (Å²) in [7, 11) is 0. The zero-order valence-corrected chi connectivity index (χ0v) is 18.6. The number of nitrogens with one attached hydrogen (secondary N) is 1. The molecule has 4 rings (SSSR count). The quantitative estimate of drug-likeness (QED) is 0.467. The van der Waals surface area contributed by atoms with Crippen LogP contribution < -0.4 is 19.7 Å². The number of benzene rings is 3. The number of carbonyl (C=O) groups is 2. The lowest BCUT2D eigenvalue weighted by Gasteiger charge is -2.15. The standard InChI is InChI=1S/C26H22F2N2O4/c1-3-33-19-10-5-16(6-11-19)23-24(29-17-7-12-20(13-8-17)34-4-2)26(32)30(25(23)31)18-9-14-21(27)22(28)15-18/h5-15,29H,3-4H2,1-2H3. The fourth-order valence-corrected chi connectivity index (χ4v) is 3.60. The first kappa shape index (κ1) is 23.0. The molecule has 1 heterocycles. The highest BCUT2D eigenvalue weighted by molar-refractivity contribution is 6.46. The van der Waals surface area contributed by atoms with E-state index in [1.165, 1.54) is 6.07 Å². The van der Waals surface area contributed by atoms with E-state index in [-0.39, 0.29) is 17.0 Å². The van der Waals surface area contributed by atoms with E-state index < -0.39 is 23.4 Å². The lowest BCUT2D eigenvalue weighted by atomic mass is 10.0. The Morgan fingerprint density at radius 2 is 1.35 bits per heavy atom. The van der Waals surface area contributed by atoms with Crippen molar-refractivity contribution in [2.45, 2.75) is 13.8 Å². The predicted octanol–water partition coefficient (Wildman–Crippen LogP) is 5.16. The van der Waals surface area contributed by atoms with E-state index in [0.29, 0.717) is 36.0 Å². The molecule has 2 amide bonds. The number of anilines is 2. The van der Waals surface area contributed by atoms with Crippen molar-refractivity contribution < 1.29 is 27.8 Å². The summed E-state index contributed by atoms with van der Waals surface area (Å²) in [6, 6.07) is 16.5. The Hall–Kier alpha value is -4.20. The SMILES string of the molecule is CCOc1ccc(NC2=C(c3ccc(OCC)cc3)C(=O)N(c3ccc(F)c(F)c3)C2=O)cc1. The molecule has 1 aliphatic rings. The summed E-state index contributed by atoms with van der Waals surface area (Å²) < 4.78 is 38.3. The average molecular weight is 464 g/mol. The highest BCUT2D eigenvalue weighted by Crippen LogP contribution is 2.35. The molecular weight excluding hydrogens is 442 g/mol. The Bertz CT molecular complexity index is 1250. The molecule has 0 unspecified atom stereocenters. The maximum Gasteiger partial charge on any atom is 0.282 e. The maximum absolute atomic E-state index is 13.9. The van der Waals surface area contributed by atoms with Gasteiger partial charge in [-0.3, -0.25) is 9.59 Å². The van der Waals surface area contributed by atoms with Gasteiger partial charge < -0.3 is 14.8 Å². The Labute approximate surface area is 195 Å². The summed E-state index contributed by atoms with van der Waals surface area (Å²) in [5, 5.41) is 3.02. The van der Waals surface area contributed by atoms with Crippen molar-refractivity contribution in [2.24, 2.45) is 0 Å². The van der Waals surface area contributed by atoms with Gasteiger partial charge in [-0.1, -0.05) is 12.1 Å². The number of halogens is 2. The van der Waals surface area contributed by atoms with Crippen LogP contribution in [0.3, 0.4) is 0 Å². The first-order valence-electron chi connectivity index (χ1n) is 10.7. The zero-order valence-electron chi connectivity index (χ0n) is 18.6. The topological polar surface area (TPSA) is 67.9 Å². The molecule has 1 aliphatic heterocycles. The second kappa shape index (κ2) is 9.74. The fraction of sp³-hybridized carbons (Fsp3) is 0.154. The molecule has 0 radical (unpaired) electrons. The molecule has 6 nitrogen and oxygen atoms in total. The normalized spacial score (nSPS) is 13.5. The van der Waals surface area contributed by atoms with Crippen LogP contribution in [0.2, 0.25) is 0 Å². The predicted molar refractivity (Wildman–Crippen MR) is 125 cm³/mol. The van der Waals surface area contributed by atoms with E-state index in [1.807, 2.05) is 13.8 Å². The van der Waals surface area contributed by atoms with Crippen molar-refractivity contribution in [3.63, 3.8) is 0 Å². The van der Waals surface area contributed by atoms with Crippen LogP contribution in [-0.2, 0) is 9.59 Å². The van der Waals surface area contributed by atoms with Crippen LogP contribution in [0.1, 0.15) is 19.4 Å². The lowest BCUT2D eigenvalue weighted by Crippen LogP contribution is -2.32. The summed E-state index contributed by atoms with van der Waals surface area (Å²) in [6.07, 6.45) is 0. The fourth-order valence-electron chi connectivity index (χ4n) is 3.60. The number of nitrogens with zero attached hydrogens (tertiary/aromatic N) is 1. The summed E-state index contributed by atoms with van der Waals surface area (Å²) in [5.41, 5.74) is 1.08. The highest BCUT2D eigenvalue weighted by Gasteiger charge is 2.40. The molecule has 1 N–H and O–H groups in total. The lowest BCUT2D eigenvalue weighted by molar-refractivity contribution is -0.120. The number of hydrogen-bond donors (Lipinski definition) is 1. The summed E-state index contributed by atoms with van der Waals surface area (Å²) in [4.78, 5) is 27.6. The molecule has 3 aromatic rings. The van der Waals surface area contributed by atoms with Crippen LogP contribution in [-0.4, -0.2) is 25.0 Å². The molecule has 0 saturated heterocycles. The molecule has 0 aliphatic carbocycles. The van der Waals surface area contributed by atoms with Crippen LogP contribution in [0.4, 0.5) is 20.2 Å².